The van der Waals surface area contributed by atoms with Crippen molar-refractivity contribution in [1.29, 1.82) is 0 Å². The van der Waals surface area contributed by atoms with Crippen LogP contribution in [0.3, 0.4) is 0 Å². The molecule has 0 heterocycles. The average Bonchev–Trinajstić information content (AvgIpc) is 2.49. The summed E-state index contributed by atoms with van der Waals surface area (Å²) in [6, 6.07) is 12.2. The molecule has 0 radical (unpaired) electrons. The van der Waals surface area contributed by atoms with Gasteiger partial charge in [0.15, 0.2) is 0 Å². The van der Waals surface area contributed by atoms with Crippen molar-refractivity contribution in [1.82, 2.24) is 4.90 Å². The van der Waals surface area contributed by atoms with Crippen LogP contribution in [0, 0.1) is 15.9 Å². The third-order valence-corrected chi connectivity index (χ3v) is 3.27. The van der Waals surface area contributed by atoms with E-state index >= 15 is 0 Å². The number of non-ortho nitro benzene ring substituents is 1. The normalized spacial score (nSPS) is 10.3. The van der Waals surface area contributed by atoms with E-state index in [1.807, 2.05) is 0 Å². The smallest absolute Gasteiger partial charge is 0.269 e. The highest BCUT2D eigenvalue weighted by molar-refractivity contribution is 5.78. The lowest BCUT2D eigenvalue weighted by atomic mass is 10.1. The molecule has 0 unspecified atom stereocenters. The fourth-order valence-corrected chi connectivity index (χ4v) is 2.07. The number of nitro groups is 1. The van der Waals surface area contributed by atoms with Gasteiger partial charge in [0.1, 0.15) is 5.82 Å². The zero-order valence-electron chi connectivity index (χ0n) is 12.0. The summed E-state index contributed by atoms with van der Waals surface area (Å²) in [6.07, 6.45) is -0.0436. The predicted molar refractivity (Wildman–Crippen MR) is 79.7 cm³/mol. The molecule has 0 aromatic heterocycles. The van der Waals surface area contributed by atoms with E-state index in [0.29, 0.717) is 11.1 Å². The summed E-state index contributed by atoms with van der Waals surface area (Å²) in [4.78, 5) is 23.8. The number of hydrogen-bond donors (Lipinski definition) is 0. The predicted octanol–water partition coefficient (Wildman–Crippen LogP) is 2.94. The van der Waals surface area contributed by atoms with Gasteiger partial charge >= 0.3 is 0 Å². The van der Waals surface area contributed by atoms with Crippen LogP contribution in [0.4, 0.5) is 10.1 Å². The molecule has 22 heavy (non-hydrogen) atoms. The van der Waals surface area contributed by atoms with E-state index < -0.39 is 10.7 Å². The van der Waals surface area contributed by atoms with Crippen LogP contribution in [-0.2, 0) is 17.8 Å². The van der Waals surface area contributed by atoms with Crippen molar-refractivity contribution in [3.8, 4) is 0 Å². The molecule has 0 saturated carbocycles. The molecule has 0 saturated heterocycles. The van der Waals surface area contributed by atoms with E-state index in [9.17, 15) is 19.3 Å². The fourth-order valence-electron chi connectivity index (χ4n) is 2.07. The Kier molecular flexibility index (Phi) is 4.83. The lowest BCUT2D eigenvalue weighted by Crippen LogP contribution is -2.28. The van der Waals surface area contributed by atoms with E-state index in [2.05, 4.69) is 0 Å². The Balaban J connectivity index is 2.04. The van der Waals surface area contributed by atoms with Crippen LogP contribution in [0.5, 0.6) is 0 Å². The maximum absolute atomic E-state index is 13.5. The SMILES string of the molecule is CN(Cc1cccc([N+](=O)[O-])c1)C(=O)Cc1ccccc1F. The van der Waals surface area contributed by atoms with Gasteiger partial charge in [0.05, 0.1) is 11.3 Å². The van der Waals surface area contributed by atoms with Crippen molar-refractivity contribution in [3.63, 3.8) is 0 Å². The molecule has 0 bridgehead atoms. The second kappa shape index (κ2) is 6.80. The summed E-state index contributed by atoms with van der Waals surface area (Å²) in [5, 5.41) is 10.7. The Labute approximate surface area is 127 Å². The highest BCUT2D eigenvalue weighted by Gasteiger charge is 2.14. The van der Waals surface area contributed by atoms with E-state index in [4.69, 9.17) is 0 Å². The minimum absolute atomic E-state index is 0.0209. The number of benzene rings is 2. The zero-order valence-corrected chi connectivity index (χ0v) is 12.0. The number of carbonyl (C=O) groups is 1. The monoisotopic (exact) mass is 302 g/mol. The molecular formula is C16H15FN2O3. The third kappa shape index (κ3) is 3.88. The zero-order chi connectivity index (χ0) is 16.1. The van der Waals surface area contributed by atoms with Gasteiger partial charge in [0, 0.05) is 25.7 Å². The Morgan fingerprint density at radius 2 is 1.95 bits per heavy atom. The summed E-state index contributed by atoms with van der Waals surface area (Å²) in [6.45, 7) is 0.231. The van der Waals surface area contributed by atoms with Crippen molar-refractivity contribution < 1.29 is 14.1 Å². The van der Waals surface area contributed by atoms with Crippen molar-refractivity contribution in [3.05, 3.63) is 75.6 Å². The van der Waals surface area contributed by atoms with E-state index in [1.54, 1.807) is 37.4 Å². The third-order valence-electron chi connectivity index (χ3n) is 3.27. The summed E-state index contributed by atoms with van der Waals surface area (Å²) >= 11 is 0. The number of carbonyl (C=O) groups excluding carboxylic acids is 1. The second-order valence-electron chi connectivity index (χ2n) is 4.94. The van der Waals surface area contributed by atoms with Gasteiger partial charge in [-0.15, -0.1) is 0 Å². The van der Waals surface area contributed by atoms with Gasteiger partial charge in [0.2, 0.25) is 5.91 Å². The first-order valence-corrected chi connectivity index (χ1v) is 6.68. The highest BCUT2D eigenvalue weighted by Crippen LogP contribution is 2.15. The molecule has 6 heteroatoms. The van der Waals surface area contributed by atoms with Crippen LogP contribution in [-0.4, -0.2) is 22.8 Å². The number of nitrogens with zero attached hydrogens (tertiary/aromatic N) is 2. The number of hydrogen-bond acceptors (Lipinski definition) is 3. The molecule has 2 rings (SSSR count). The van der Waals surface area contributed by atoms with Gasteiger partial charge in [-0.3, -0.25) is 14.9 Å². The van der Waals surface area contributed by atoms with Gasteiger partial charge in [-0.25, -0.2) is 4.39 Å². The summed E-state index contributed by atoms with van der Waals surface area (Å²) in [5.41, 5.74) is 0.962. The van der Waals surface area contributed by atoms with Gasteiger partial charge in [-0.1, -0.05) is 30.3 Å². The molecule has 0 aliphatic rings. The van der Waals surface area contributed by atoms with Gasteiger partial charge < -0.3 is 4.90 Å². The van der Waals surface area contributed by atoms with Crippen LogP contribution in [0.1, 0.15) is 11.1 Å². The Morgan fingerprint density at radius 1 is 1.23 bits per heavy atom. The van der Waals surface area contributed by atoms with E-state index in [-0.39, 0.29) is 24.6 Å². The van der Waals surface area contributed by atoms with Crippen molar-refractivity contribution >= 4 is 11.6 Å². The van der Waals surface area contributed by atoms with Gasteiger partial charge in [0.25, 0.3) is 5.69 Å². The number of nitro benzene ring substituents is 1. The molecule has 5 nitrogen and oxygen atoms in total. The molecule has 0 fully saturated rings. The minimum Gasteiger partial charge on any atom is -0.341 e. The highest BCUT2D eigenvalue weighted by atomic mass is 19.1. The first-order valence-electron chi connectivity index (χ1n) is 6.68. The Bertz CT molecular complexity index is 703. The maximum atomic E-state index is 13.5. The topological polar surface area (TPSA) is 63.4 Å². The molecule has 2 aromatic rings. The molecule has 0 spiro atoms. The molecule has 1 amide bonds. The molecule has 114 valence electrons. The minimum atomic E-state index is -0.481. The van der Waals surface area contributed by atoms with Crippen molar-refractivity contribution in [2.24, 2.45) is 0 Å². The maximum Gasteiger partial charge on any atom is 0.269 e. The first kappa shape index (κ1) is 15.6. The molecule has 0 aliphatic heterocycles. The number of rotatable bonds is 5. The molecule has 2 aromatic carbocycles. The van der Waals surface area contributed by atoms with Crippen LogP contribution in [0.25, 0.3) is 0 Å². The quantitative estimate of drug-likeness (QED) is 0.630. The molecular weight excluding hydrogens is 287 g/mol. The number of halogens is 1. The average molecular weight is 302 g/mol. The standard InChI is InChI=1S/C16H15FN2O3/c1-18(11-12-5-4-7-14(9-12)19(21)22)16(20)10-13-6-2-3-8-15(13)17/h2-9H,10-11H2,1H3. The van der Waals surface area contributed by atoms with Crippen LogP contribution < -0.4 is 0 Å². The Morgan fingerprint density at radius 3 is 2.64 bits per heavy atom. The Hall–Kier alpha value is -2.76. The van der Waals surface area contributed by atoms with Crippen molar-refractivity contribution in [2.45, 2.75) is 13.0 Å². The van der Waals surface area contributed by atoms with E-state index in [1.165, 1.54) is 23.1 Å². The molecule has 0 aliphatic carbocycles. The van der Waals surface area contributed by atoms with E-state index in [0.717, 1.165) is 0 Å². The summed E-state index contributed by atoms with van der Waals surface area (Å²) in [7, 11) is 1.59. The number of likely N-dealkylation sites (N-methyl/N-ethyl adjacent to an activating group) is 1. The van der Waals surface area contributed by atoms with Crippen LogP contribution >= 0.6 is 0 Å². The van der Waals surface area contributed by atoms with Gasteiger partial charge in [-0.05, 0) is 17.2 Å². The lowest BCUT2D eigenvalue weighted by Gasteiger charge is -2.17. The second-order valence-corrected chi connectivity index (χ2v) is 4.94. The molecule has 0 N–H and O–H groups in total. The van der Waals surface area contributed by atoms with Crippen LogP contribution in [0.15, 0.2) is 48.5 Å². The van der Waals surface area contributed by atoms with Crippen LogP contribution in [0.2, 0.25) is 0 Å². The number of amides is 1. The summed E-state index contributed by atoms with van der Waals surface area (Å²) < 4.78 is 13.5. The summed E-state index contributed by atoms with van der Waals surface area (Å²) in [5.74, 6) is -0.670. The fraction of sp³-hybridized carbons (Fsp3) is 0.188. The largest absolute Gasteiger partial charge is 0.341 e. The first-order chi connectivity index (χ1) is 10.5. The molecule has 0 atom stereocenters. The lowest BCUT2D eigenvalue weighted by molar-refractivity contribution is -0.384. The van der Waals surface area contributed by atoms with Crippen molar-refractivity contribution in [2.75, 3.05) is 7.05 Å². The van der Waals surface area contributed by atoms with Gasteiger partial charge in [-0.2, -0.15) is 0 Å².